The Morgan fingerprint density at radius 2 is 0.562 bits per heavy atom. The predicted octanol–water partition coefficient (Wildman–Crippen LogP) is -0.106. The summed E-state index contributed by atoms with van der Waals surface area (Å²) in [7, 11) is -15.5. The Morgan fingerprint density at radius 3 is 0.562 bits per heavy atom. The molecule has 0 radical (unpaired) electrons. The van der Waals surface area contributed by atoms with Gasteiger partial charge in [0.15, 0.2) is 0 Å². The van der Waals surface area contributed by atoms with Crippen LogP contribution in [0.3, 0.4) is 0 Å². The lowest BCUT2D eigenvalue weighted by Crippen LogP contribution is -1.80. The third-order valence-electron chi connectivity index (χ3n) is 0. The van der Waals surface area contributed by atoms with E-state index in [0.29, 0.717) is 0 Å². The van der Waals surface area contributed by atoms with Crippen molar-refractivity contribution in [2.75, 3.05) is 0 Å². The van der Waals surface area contributed by atoms with E-state index in [9.17, 15) is 11.7 Å². The summed E-state index contributed by atoms with van der Waals surface area (Å²) >= 11 is 0. The fourth-order valence-corrected chi connectivity index (χ4v) is 0. The van der Waals surface area contributed by atoms with E-state index in [1.165, 1.54) is 0 Å². The van der Waals surface area contributed by atoms with Crippen LogP contribution in [-0.4, -0.2) is 38.9 Å². The van der Waals surface area contributed by atoms with E-state index in [1.54, 1.807) is 0 Å². The highest BCUT2D eigenvalue weighted by molar-refractivity contribution is 14.0. The summed E-state index contributed by atoms with van der Waals surface area (Å²) in [6.45, 7) is 0. The normalized spacial score (nSPS) is 10.9. The number of hydrogen-bond donors (Lipinski definition) is 3. The van der Waals surface area contributed by atoms with E-state index in [0.717, 1.165) is 0 Å². The molecule has 0 unspecified atom stereocenters. The molecule has 0 heterocycles. The highest BCUT2D eigenvalue weighted by atomic mass is 127. The van der Waals surface area contributed by atoms with E-state index in [-0.39, 0.29) is 24.0 Å². The van der Waals surface area contributed by atoms with Crippen LogP contribution >= 0.6 is 24.0 Å². The second kappa shape index (κ2) is 9.30. The van der Waals surface area contributed by atoms with Gasteiger partial charge in [0.2, 0.25) is 0 Å². The topological polar surface area (TPSA) is 163 Å². The van der Waals surface area contributed by atoms with Crippen LogP contribution in [-0.2, 0) is 31.5 Å². The lowest BCUT2D eigenvalue weighted by molar-refractivity contribution is 0.432. The molecule has 0 aromatic carbocycles. The lowest BCUT2D eigenvalue weighted by atomic mass is 15.9. The van der Waals surface area contributed by atoms with Crippen molar-refractivity contribution in [3.63, 3.8) is 0 Å². The molecule has 104 valence electrons. The van der Waals surface area contributed by atoms with Gasteiger partial charge in [0.1, 0.15) is 0 Å². The van der Waals surface area contributed by atoms with Crippen LogP contribution in [0.15, 0.2) is 0 Å². The number of halogens is 4. The van der Waals surface area contributed by atoms with Gasteiger partial charge in [-0.05, 0) is 0 Å². The summed E-state index contributed by atoms with van der Waals surface area (Å²) < 4.78 is 102. The van der Waals surface area contributed by atoms with Gasteiger partial charge < -0.3 is 0 Å². The highest BCUT2D eigenvalue weighted by Gasteiger charge is 1.90. The zero-order valence-electron chi connectivity index (χ0n) is 6.56. The first kappa shape index (κ1) is 25.2. The van der Waals surface area contributed by atoms with Crippen molar-refractivity contribution in [2.45, 2.75) is 0 Å². The monoisotopic (exact) mass is 428 g/mol. The maximum absolute atomic E-state index is 10.2. The molecular formula is H4F3IO9S3. The fourth-order valence-electron chi connectivity index (χ4n) is 0. The van der Waals surface area contributed by atoms with E-state index < -0.39 is 31.5 Å². The van der Waals surface area contributed by atoms with E-state index >= 15 is 0 Å². The zero-order valence-corrected chi connectivity index (χ0v) is 11.3. The molecule has 0 rings (SSSR count). The molecule has 0 spiro atoms. The summed E-state index contributed by atoms with van der Waals surface area (Å²) in [6.07, 6.45) is 0. The standard InChI is InChI=1S/3FHO3S.HI/c3*1-5(2,3)4;/h3*(H,2,3,4);1H. The van der Waals surface area contributed by atoms with Crippen molar-refractivity contribution < 1.29 is 50.6 Å². The van der Waals surface area contributed by atoms with Crippen molar-refractivity contribution in [2.24, 2.45) is 0 Å². The lowest BCUT2D eigenvalue weighted by Gasteiger charge is -1.63. The smallest absolute Gasteiger partial charge is 0.260 e. The van der Waals surface area contributed by atoms with Crippen molar-refractivity contribution in [1.82, 2.24) is 0 Å². The van der Waals surface area contributed by atoms with Gasteiger partial charge in [0.25, 0.3) is 0 Å². The fraction of sp³-hybridized carbons (Fsp3) is 0. The average molecular weight is 428 g/mol. The minimum Gasteiger partial charge on any atom is -0.260 e. The van der Waals surface area contributed by atoms with Crippen LogP contribution in [0.25, 0.3) is 0 Å². The molecule has 0 saturated heterocycles. The van der Waals surface area contributed by atoms with E-state index in [2.05, 4.69) is 0 Å². The van der Waals surface area contributed by atoms with Gasteiger partial charge in [-0.1, -0.05) is 11.7 Å². The zero-order chi connectivity index (χ0) is 13.5. The molecule has 0 saturated carbocycles. The summed E-state index contributed by atoms with van der Waals surface area (Å²) in [5.41, 5.74) is 0. The first-order valence-corrected chi connectivity index (χ1v) is 6.03. The molecule has 9 nitrogen and oxygen atoms in total. The van der Waals surface area contributed by atoms with Crippen LogP contribution in [0, 0.1) is 0 Å². The Morgan fingerprint density at radius 1 is 0.562 bits per heavy atom. The van der Waals surface area contributed by atoms with Crippen molar-refractivity contribution >= 4 is 55.5 Å². The third-order valence-corrected chi connectivity index (χ3v) is 0. The molecule has 16 heavy (non-hydrogen) atoms. The molecule has 0 aromatic rings. The minimum atomic E-state index is -5.17. The largest absolute Gasteiger partial charge is 0.435 e. The second-order valence-electron chi connectivity index (χ2n) is 1.24. The van der Waals surface area contributed by atoms with Gasteiger partial charge in [0, 0.05) is 0 Å². The van der Waals surface area contributed by atoms with Crippen LogP contribution < -0.4 is 0 Å². The Bertz CT molecular complexity index is 347. The summed E-state index contributed by atoms with van der Waals surface area (Å²) in [5, 5.41) is 0. The van der Waals surface area contributed by atoms with E-state index in [4.69, 9.17) is 38.9 Å². The summed E-state index contributed by atoms with van der Waals surface area (Å²) in [4.78, 5) is 0. The molecule has 0 atom stereocenters. The molecule has 0 bridgehead atoms. The summed E-state index contributed by atoms with van der Waals surface area (Å²) in [5.74, 6) is 0. The molecule has 0 aliphatic rings. The molecule has 0 aliphatic carbocycles. The molecule has 0 amide bonds. The molecule has 0 aliphatic heterocycles. The van der Waals surface area contributed by atoms with Crippen LogP contribution in [0.5, 0.6) is 0 Å². The van der Waals surface area contributed by atoms with Crippen molar-refractivity contribution in [3.05, 3.63) is 0 Å². The predicted molar refractivity (Wildman–Crippen MR) is 53.4 cm³/mol. The second-order valence-corrected chi connectivity index (χ2v) is 3.71. The Kier molecular flexibility index (Phi) is 14.6. The molecule has 0 fully saturated rings. The average Bonchev–Trinajstić information content (AvgIpc) is 1.41. The first-order chi connectivity index (χ1) is 6.00. The molecular weight excluding hydrogens is 424 g/mol. The van der Waals surface area contributed by atoms with E-state index in [1.807, 2.05) is 0 Å². The minimum absolute atomic E-state index is 0. The van der Waals surface area contributed by atoms with Crippen LogP contribution in [0.1, 0.15) is 0 Å². The molecule has 3 N–H and O–H groups in total. The highest BCUT2D eigenvalue weighted by Crippen LogP contribution is 1.74. The van der Waals surface area contributed by atoms with Crippen LogP contribution in [0.4, 0.5) is 11.7 Å². The van der Waals surface area contributed by atoms with Crippen molar-refractivity contribution in [3.8, 4) is 0 Å². The maximum Gasteiger partial charge on any atom is 0.435 e. The molecule has 16 heteroatoms. The van der Waals surface area contributed by atoms with Gasteiger partial charge in [-0.2, -0.15) is 25.3 Å². The Balaban J connectivity index is -0.0000000655. The Hall–Kier alpha value is 0.250. The van der Waals surface area contributed by atoms with Crippen LogP contribution in [0.2, 0.25) is 0 Å². The number of hydrogen-bond acceptors (Lipinski definition) is 6. The van der Waals surface area contributed by atoms with Gasteiger partial charge >= 0.3 is 31.5 Å². The van der Waals surface area contributed by atoms with Gasteiger partial charge in [0.05, 0.1) is 0 Å². The van der Waals surface area contributed by atoms with Gasteiger partial charge in [-0.25, -0.2) is 0 Å². The van der Waals surface area contributed by atoms with Gasteiger partial charge in [-0.3, -0.25) is 13.7 Å². The Labute approximate surface area is 106 Å². The van der Waals surface area contributed by atoms with Crippen molar-refractivity contribution in [1.29, 1.82) is 0 Å². The third kappa shape index (κ3) is 40000. The van der Waals surface area contributed by atoms with Gasteiger partial charge in [-0.15, -0.1) is 24.0 Å². The summed E-state index contributed by atoms with van der Waals surface area (Å²) in [6, 6.07) is 0. The SMILES string of the molecule is I.O=S(=O)(O)F.O=S(=O)(O)F.O=S(=O)(O)F. The maximum atomic E-state index is 10.2. The first-order valence-electron chi connectivity index (χ1n) is 2.01. The number of rotatable bonds is 0. The molecule has 0 aromatic heterocycles. The quantitative estimate of drug-likeness (QED) is 0.272.